The van der Waals surface area contributed by atoms with Crippen LogP contribution in [0.4, 0.5) is 0 Å². The van der Waals surface area contributed by atoms with E-state index in [1.807, 2.05) is 12.4 Å². The molecule has 2 unspecified atom stereocenters. The Bertz CT molecular complexity index is 233. The third-order valence-corrected chi connectivity index (χ3v) is 2.29. The molecule has 0 bridgehead atoms. The Balaban J connectivity index is 2.17. The van der Waals surface area contributed by atoms with E-state index < -0.39 is 0 Å². The van der Waals surface area contributed by atoms with Gasteiger partial charge in [-0.15, -0.1) is 0 Å². The minimum absolute atomic E-state index is 0.568. The van der Waals surface area contributed by atoms with Crippen molar-refractivity contribution in [3.8, 4) is 0 Å². The predicted octanol–water partition coefficient (Wildman–Crippen LogP) is 1.36. The fourth-order valence-electron chi connectivity index (χ4n) is 1.49. The molecule has 0 spiro atoms. The van der Waals surface area contributed by atoms with Crippen molar-refractivity contribution in [1.82, 2.24) is 10.3 Å². The van der Waals surface area contributed by atoms with Gasteiger partial charge in [0.25, 0.3) is 0 Å². The van der Waals surface area contributed by atoms with Crippen LogP contribution in [0.5, 0.6) is 0 Å². The second-order valence-corrected chi connectivity index (χ2v) is 3.14. The highest BCUT2D eigenvalue weighted by Crippen LogP contribution is 2.27. The normalized spacial score (nSPS) is 29.5. The van der Waals surface area contributed by atoms with Crippen molar-refractivity contribution < 1.29 is 0 Å². The van der Waals surface area contributed by atoms with E-state index in [9.17, 15) is 0 Å². The minimum atomic E-state index is 0.568. The third kappa shape index (κ3) is 1.14. The summed E-state index contributed by atoms with van der Waals surface area (Å²) < 4.78 is 0. The lowest BCUT2D eigenvalue weighted by Crippen LogP contribution is -2.43. The molecule has 2 atom stereocenters. The first-order chi connectivity index (χ1) is 5.38. The lowest BCUT2D eigenvalue weighted by atomic mass is 9.88. The number of pyridine rings is 1. The Morgan fingerprint density at radius 1 is 1.45 bits per heavy atom. The van der Waals surface area contributed by atoms with Crippen molar-refractivity contribution >= 4 is 0 Å². The maximum Gasteiger partial charge on any atom is 0.0359 e. The van der Waals surface area contributed by atoms with E-state index in [-0.39, 0.29) is 0 Å². The summed E-state index contributed by atoms with van der Waals surface area (Å²) in [6.07, 6.45) is 3.70. The van der Waals surface area contributed by atoms with Crippen molar-refractivity contribution in [2.45, 2.75) is 13.0 Å². The van der Waals surface area contributed by atoms with Gasteiger partial charge in [0.2, 0.25) is 0 Å². The molecule has 0 aromatic carbocycles. The number of nitrogens with zero attached hydrogens (tertiary/aromatic N) is 1. The molecule has 2 heterocycles. The van der Waals surface area contributed by atoms with Crippen LogP contribution in [0, 0.1) is 5.92 Å². The maximum absolute atomic E-state index is 3.98. The van der Waals surface area contributed by atoms with Crippen molar-refractivity contribution in [1.29, 1.82) is 0 Å². The first kappa shape index (κ1) is 6.80. The number of nitrogens with one attached hydrogen (secondary N) is 1. The van der Waals surface area contributed by atoms with E-state index in [1.165, 1.54) is 5.56 Å². The van der Waals surface area contributed by atoms with Gasteiger partial charge in [-0.3, -0.25) is 4.98 Å². The molecular weight excluding hydrogens is 136 g/mol. The summed E-state index contributed by atoms with van der Waals surface area (Å²) in [6.45, 7) is 3.41. The molecule has 0 amide bonds. The van der Waals surface area contributed by atoms with Gasteiger partial charge >= 0.3 is 0 Å². The number of hydrogen-bond donors (Lipinski definition) is 1. The monoisotopic (exact) mass is 148 g/mol. The van der Waals surface area contributed by atoms with E-state index in [0.29, 0.717) is 6.04 Å². The molecule has 1 N–H and O–H groups in total. The first-order valence-corrected chi connectivity index (χ1v) is 4.01. The number of hydrogen-bond acceptors (Lipinski definition) is 2. The molecule has 1 aromatic rings. The van der Waals surface area contributed by atoms with Crippen LogP contribution in [0.1, 0.15) is 18.5 Å². The van der Waals surface area contributed by atoms with Crippen molar-refractivity contribution in [3.63, 3.8) is 0 Å². The molecule has 2 heteroatoms. The zero-order valence-corrected chi connectivity index (χ0v) is 6.62. The van der Waals surface area contributed by atoms with Gasteiger partial charge in [0.15, 0.2) is 0 Å². The second kappa shape index (κ2) is 2.62. The molecule has 2 nitrogen and oxygen atoms in total. The van der Waals surface area contributed by atoms with E-state index in [1.54, 1.807) is 0 Å². The summed E-state index contributed by atoms with van der Waals surface area (Å²) in [5.41, 5.74) is 1.36. The molecule has 1 fully saturated rings. The zero-order valence-electron chi connectivity index (χ0n) is 6.62. The summed E-state index contributed by atoms with van der Waals surface area (Å²) in [6, 6.07) is 4.72. The fourth-order valence-corrected chi connectivity index (χ4v) is 1.49. The van der Waals surface area contributed by atoms with Crippen LogP contribution in [-0.4, -0.2) is 11.5 Å². The van der Waals surface area contributed by atoms with Crippen LogP contribution in [-0.2, 0) is 0 Å². The molecule has 1 saturated heterocycles. The Hall–Kier alpha value is -0.890. The second-order valence-electron chi connectivity index (χ2n) is 3.14. The standard InChI is InChI=1S/C9H12N2/c1-7-6-11-9(7)8-2-4-10-5-3-8/h2-5,7,9,11H,6H2,1H3. The number of rotatable bonds is 1. The summed E-state index contributed by atoms with van der Waals surface area (Å²) in [4.78, 5) is 3.98. The van der Waals surface area contributed by atoms with Crippen LogP contribution in [0.15, 0.2) is 24.5 Å². The molecule has 11 heavy (non-hydrogen) atoms. The Morgan fingerprint density at radius 3 is 2.64 bits per heavy atom. The topological polar surface area (TPSA) is 24.9 Å². The van der Waals surface area contributed by atoms with Gasteiger partial charge in [-0.25, -0.2) is 0 Å². The lowest BCUT2D eigenvalue weighted by molar-refractivity contribution is 0.258. The van der Waals surface area contributed by atoms with Gasteiger partial charge in [0, 0.05) is 25.0 Å². The fraction of sp³-hybridized carbons (Fsp3) is 0.444. The molecule has 0 saturated carbocycles. The average molecular weight is 148 g/mol. The van der Waals surface area contributed by atoms with Gasteiger partial charge in [0.05, 0.1) is 0 Å². The lowest BCUT2D eigenvalue weighted by Gasteiger charge is -2.35. The van der Waals surface area contributed by atoms with Crippen LogP contribution in [0.2, 0.25) is 0 Å². The van der Waals surface area contributed by atoms with Gasteiger partial charge < -0.3 is 5.32 Å². The summed E-state index contributed by atoms with van der Waals surface area (Å²) in [5, 5.41) is 3.38. The minimum Gasteiger partial charge on any atom is -0.309 e. The van der Waals surface area contributed by atoms with E-state index in [0.717, 1.165) is 12.5 Å². The van der Waals surface area contributed by atoms with Gasteiger partial charge in [-0.2, -0.15) is 0 Å². The summed E-state index contributed by atoms with van der Waals surface area (Å²) in [7, 11) is 0. The highest BCUT2D eigenvalue weighted by Gasteiger charge is 2.26. The third-order valence-electron chi connectivity index (χ3n) is 2.29. The van der Waals surface area contributed by atoms with Crippen molar-refractivity contribution in [3.05, 3.63) is 30.1 Å². The molecule has 1 aliphatic rings. The van der Waals surface area contributed by atoms with Crippen LogP contribution in [0.25, 0.3) is 0 Å². The SMILES string of the molecule is CC1CNC1c1ccncc1. The molecule has 0 radical (unpaired) electrons. The number of aromatic nitrogens is 1. The Morgan fingerprint density at radius 2 is 2.18 bits per heavy atom. The van der Waals surface area contributed by atoms with Crippen LogP contribution < -0.4 is 5.32 Å². The Kier molecular flexibility index (Phi) is 1.62. The van der Waals surface area contributed by atoms with E-state index >= 15 is 0 Å². The van der Waals surface area contributed by atoms with Crippen LogP contribution >= 0.6 is 0 Å². The smallest absolute Gasteiger partial charge is 0.0359 e. The zero-order chi connectivity index (χ0) is 7.68. The van der Waals surface area contributed by atoms with Gasteiger partial charge in [0.1, 0.15) is 0 Å². The summed E-state index contributed by atoms with van der Waals surface area (Å²) >= 11 is 0. The van der Waals surface area contributed by atoms with Gasteiger partial charge in [-0.05, 0) is 23.6 Å². The van der Waals surface area contributed by atoms with E-state index in [2.05, 4.69) is 29.4 Å². The molecule has 1 aromatic heterocycles. The molecular formula is C9H12N2. The largest absolute Gasteiger partial charge is 0.309 e. The molecule has 0 aliphatic carbocycles. The quantitative estimate of drug-likeness (QED) is 0.650. The van der Waals surface area contributed by atoms with Gasteiger partial charge in [-0.1, -0.05) is 6.92 Å². The highest BCUT2D eigenvalue weighted by molar-refractivity contribution is 5.18. The first-order valence-electron chi connectivity index (χ1n) is 4.01. The van der Waals surface area contributed by atoms with Crippen LogP contribution in [0.3, 0.4) is 0 Å². The maximum atomic E-state index is 3.98. The predicted molar refractivity (Wildman–Crippen MR) is 44.1 cm³/mol. The molecule has 58 valence electrons. The molecule has 2 rings (SSSR count). The van der Waals surface area contributed by atoms with E-state index in [4.69, 9.17) is 0 Å². The summed E-state index contributed by atoms with van der Waals surface area (Å²) in [5.74, 6) is 0.775. The molecule has 1 aliphatic heterocycles. The van der Waals surface area contributed by atoms with Crippen molar-refractivity contribution in [2.24, 2.45) is 5.92 Å². The average Bonchev–Trinajstić information content (AvgIpc) is 2.04. The highest BCUT2D eigenvalue weighted by atomic mass is 15.0. The van der Waals surface area contributed by atoms with Crippen molar-refractivity contribution in [2.75, 3.05) is 6.54 Å². The Labute approximate surface area is 66.7 Å².